The molecule has 160 valence electrons. The van der Waals surface area contributed by atoms with Crippen LogP contribution in [0.1, 0.15) is 10.4 Å². The van der Waals surface area contributed by atoms with Crippen LogP contribution in [0.15, 0.2) is 74.9 Å². The van der Waals surface area contributed by atoms with Crippen LogP contribution in [0.2, 0.25) is 0 Å². The van der Waals surface area contributed by atoms with Gasteiger partial charge in [-0.1, -0.05) is 41.7 Å². The average molecular weight is 448 g/mol. The van der Waals surface area contributed by atoms with Gasteiger partial charge < -0.3 is 13.7 Å². The highest BCUT2D eigenvalue weighted by molar-refractivity contribution is 7.16. The molecule has 1 amide bonds. The quantitative estimate of drug-likeness (QED) is 0.300. The number of amides is 1. The lowest BCUT2D eigenvalue weighted by molar-refractivity contribution is 0.0994. The molecule has 8 heteroatoms. The number of nitrogens with zero attached hydrogens (tertiary/aromatic N) is 2. The van der Waals surface area contributed by atoms with Crippen molar-refractivity contribution in [3.63, 3.8) is 0 Å². The van der Waals surface area contributed by atoms with Crippen molar-refractivity contribution in [3.05, 3.63) is 87.3 Å². The number of aromatic nitrogens is 1. The van der Waals surface area contributed by atoms with Gasteiger partial charge in [-0.25, -0.2) is 9.18 Å². The third-order valence-electron chi connectivity index (χ3n) is 5.23. The van der Waals surface area contributed by atoms with Gasteiger partial charge in [0.25, 0.3) is 5.91 Å². The predicted octanol–water partition coefficient (Wildman–Crippen LogP) is 4.49. The number of fused-ring (bicyclic) bond motifs is 4. The minimum absolute atomic E-state index is 0.157. The Bertz CT molecular complexity index is 1630. The average Bonchev–Trinajstić information content (AvgIpc) is 3.12. The van der Waals surface area contributed by atoms with Crippen molar-refractivity contribution >= 4 is 49.2 Å². The van der Waals surface area contributed by atoms with Crippen molar-refractivity contribution in [2.45, 2.75) is 6.54 Å². The topological polar surface area (TPSA) is 73.8 Å². The first-order chi connectivity index (χ1) is 15.5. The standard InChI is InChI=1S/C24H17FN2O4S/c1-30-11-10-27-19-8-7-15(25)12-21(19)32-24(27)26-22(28)18-13-17-16-5-3-2-4-14(16)6-9-20(17)31-23(18)29/h2-9,12-13H,10-11H2,1H3. The van der Waals surface area contributed by atoms with E-state index in [4.69, 9.17) is 9.15 Å². The fourth-order valence-electron chi connectivity index (χ4n) is 3.70. The third kappa shape index (κ3) is 3.53. The number of carbonyl (C=O) groups is 1. The van der Waals surface area contributed by atoms with Gasteiger partial charge in [0, 0.05) is 19.0 Å². The summed E-state index contributed by atoms with van der Waals surface area (Å²) < 4.78 is 26.7. The Kier molecular flexibility index (Phi) is 5.16. The molecule has 0 saturated heterocycles. The van der Waals surface area contributed by atoms with Gasteiger partial charge in [-0.3, -0.25) is 4.79 Å². The molecule has 2 aromatic heterocycles. The highest BCUT2D eigenvalue weighted by atomic mass is 32.1. The van der Waals surface area contributed by atoms with Crippen LogP contribution in [0, 0.1) is 5.82 Å². The van der Waals surface area contributed by atoms with Crippen molar-refractivity contribution in [2.24, 2.45) is 4.99 Å². The van der Waals surface area contributed by atoms with Gasteiger partial charge >= 0.3 is 5.63 Å². The number of halogens is 1. The van der Waals surface area contributed by atoms with Crippen LogP contribution in [0.5, 0.6) is 0 Å². The molecule has 0 unspecified atom stereocenters. The smallest absolute Gasteiger partial charge is 0.349 e. The van der Waals surface area contributed by atoms with Crippen LogP contribution in [0.4, 0.5) is 4.39 Å². The maximum Gasteiger partial charge on any atom is 0.349 e. The number of carbonyl (C=O) groups excluding carboxylic acids is 1. The Morgan fingerprint density at radius 3 is 2.81 bits per heavy atom. The number of hydrogen-bond acceptors (Lipinski definition) is 5. The second-order valence-electron chi connectivity index (χ2n) is 7.20. The number of thiazole rings is 1. The summed E-state index contributed by atoms with van der Waals surface area (Å²) in [4.78, 5) is 30.2. The van der Waals surface area contributed by atoms with E-state index in [2.05, 4.69) is 4.99 Å². The molecule has 0 bridgehead atoms. The van der Waals surface area contributed by atoms with Crippen molar-refractivity contribution in [1.82, 2.24) is 4.57 Å². The second-order valence-corrected chi connectivity index (χ2v) is 8.21. The molecule has 32 heavy (non-hydrogen) atoms. The summed E-state index contributed by atoms with van der Waals surface area (Å²) in [5.41, 5.74) is 0.224. The summed E-state index contributed by atoms with van der Waals surface area (Å²) in [6.45, 7) is 0.805. The van der Waals surface area contributed by atoms with E-state index in [-0.39, 0.29) is 11.4 Å². The van der Waals surface area contributed by atoms with Gasteiger partial charge in [0.05, 0.1) is 16.8 Å². The number of rotatable bonds is 4. The minimum atomic E-state index is -0.753. The van der Waals surface area contributed by atoms with E-state index in [1.807, 2.05) is 30.3 Å². The van der Waals surface area contributed by atoms with Crippen LogP contribution < -0.4 is 10.4 Å². The Labute approximate surface area is 184 Å². The van der Waals surface area contributed by atoms with E-state index in [1.165, 1.54) is 29.5 Å². The first kappa shape index (κ1) is 20.3. The van der Waals surface area contributed by atoms with Gasteiger partial charge in [0.1, 0.15) is 17.0 Å². The zero-order chi connectivity index (χ0) is 22.2. The largest absolute Gasteiger partial charge is 0.422 e. The zero-order valence-electron chi connectivity index (χ0n) is 17.0. The first-order valence-electron chi connectivity index (χ1n) is 9.87. The Balaban J connectivity index is 1.69. The van der Waals surface area contributed by atoms with E-state index in [0.717, 1.165) is 16.3 Å². The van der Waals surface area contributed by atoms with E-state index in [1.54, 1.807) is 23.8 Å². The molecule has 0 radical (unpaired) electrons. The number of benzene rings is 3. The summed E-state index contributed by atoms with van der Waals surface area (Å²) in [5.74, 6) is -1.09. The predicted molar refractivity (Wildman–Crippen MR) is 122 cm³/mol. The molecule has 5 aromatic rings. The molecular formula is C24H17FN2O4S. The summed E-state index contributed by atoms with van der Waals surface area (Å²) in [6.07, 6.45) is 0. The summed E-state index contributed by atoms with van der Waals surface area (Å²) in [7, 11) is 1.57. The van der Waals surface area contributed by atoms with Gasteiger partial charge in [-0.05, 0) is 41.1 Å². The van der Waals surface area contributed by atoms with Crippen molar-refractivity contribution in [2.75, 3.05) is 13.7 Å². The molecule has 0 aliphatic carbocycles. The van der Waals surface area contributed by atoms with Crippen molar-refractivity contribution in [1.29, 1.82) is 0 Å². The first-order valence-corrected chi connectivity index (χ1v) is 10.7. The maximum absolute atomic E-state index is 13.7. The van der Waals surface area contributed by atoms with Gasteiger partial charge in [-0.15, -0.1) is 0 Å². The van der Waals surface area contributed by atoms with E-state index in [0.29, 0.717) is 33.6 Å². The molecule has 2 heterocycles. The molecule has 0 aliphatic rings. The van der Waals surface area contributed by atoms with Crippen molar-refractivity contribution < 1.29 is 18.3 Å². The Hall–Kier alpha value is -3.62. The SMILES string of the molecule is COCCn1c(=NC(=O)c2cc3c(ccc4ccccc43)oc2=O)sc2cc(F)ccc21. The monoisotopic (exact) mass is 448 g/mol. The molecule has 6 nitrogen and oxygen atoms in total. The highest BCUT2D eigenvalue weighted by Crippen LogP contribution is 2.25. The van der Waals surface area contributed by atoms with Gasteiger partial charge in [-0.2, -0.15) is 4.99 Å². The van der Waals surface area contributed by atoms with E-state index in [9.17, 15) is 14.0 Å². The lowest BCUT2D eigenvalue weighted by Gasteiger charge is -2.05. The minimum Gasteiger partial charge on any atom is -0.422 e. The second kappa shape index (κ2) is 8.14. The number of ether oxygens (including phenoxy) is 1. The highest BCUT2D eigenvalue weighted by Gasteiger charge is 2.16. The molecule has 0 atom stereocenters. The third-order valence-corrected chi connectivity index (χ3v) is 6.27. The molecule has 5 rings (SSSR count). The molecule has 0 spiro atoms. The lowest BCUT2D eigenvalue weighted by Crippen LogP contribution is -2.21. The van der Waals surface area contributed by atoms with Crippen LogP contribution >= 0.6 is 11.3 Å². The van der Waals surface area contributed by atoms with Crippen molar-refractivity contribution in [3.8, 4) is 0 Å². The van der Waals surface area contributed by atoms with Crippen LogP contribution in [-0.4, -0.2) is 24.2 Å². The summed E-state index contributed by atoms with van der Waals surface area (Å²) >= 11 is 1.17. The summed E-state index contributed by atoms with van der Waals surface area (Å²) in [5, 5.41) is 2.50. The van der Waals surface area contributed by atoms with Gasteiger partial charge in [0.15, 0.2) is 4.80 Å². The van der Waals surface area contributed by atoms with E-state index >= 15 is 0 Å². The lowest BCUT2D eigenvalue weighted by atomic mass is 10.0. The molecular weight excluding hydrogens is 431 g/mol. The normalized spacial score (nSPS) is 12.2. The molecule has 0 aliphatic heterocycles. The Morgan fingerprint density at radius 2 is 1.97 bits per heavy atom. The molecule has 0 fully saturated rings. The fraction of sp³-hybridized carbons (Fsp3) is 0.125. The van der Waals surface area contributed by atoms with Crippen LogP contribution in [0.25, 0.3) is 32.0 Å². The molecule has 0 N–H and O–H groups in total. The molecule has 3 aromatic carbocycles. The maximum atomic E-state index is 13.7. The number of hydrogen-bond donors (Lipinski definition) is 0. The fourth-order valence-corrected chi connectivity index (χ4v) is 4.78. The van der Waals surface area contributed by atoms with Gasteiger partial charge in [0.2, 0.25) is 0 Å². The summed E-state index contributed by atoms with van der Waals surface area (Å²) in [6, 6.07) is 17.1. The molecule has 0 saturated carbocycles. The van der Waals surface area contributed by atoms with E-state index < -0.39 is 11.5 Å². The zero-order valence-corrected chi connectivity index (χ0v) is 17.8. The van der Waals surface area contributed by atoms with Crippen LogP contribution in [-0.2, 0) is 11.3 Å². The Morgan fingerprint density at radius 1 is 1.12 bits per heavy atom. The number of methoxy groups -OCH3 is 1. The van der Waals surface area contributed by atoms with Crippen LogP contribution in [0.3, 0.4) is 0 Å².